The fourth-order valence-electron chi connectivity index (χ4n) is 1.83. The molecule has 1 aromatic rings. The van der Waals surface area contributed by atoms with Crippen LogP contribution in [0.1, 0.15) is 24.5 Å². The second kappa shape index (κ2) is 5.04. The second-order valence-electron chi connectivity index (χ2n) is 4.03. The summed E-state index contributed by atoms with van der Waals surface area (Å²) in [6.45, 7) is 4.74. The van der Waals surface area contributed by atoms with E-state index in [1.807, 2.05) is 38.1 Å². The van der Waals surface area contributed by atoms with Gasteiger partial charge in [-0.05, 0) is 32.1 Å². The van der Waals surface area contributed by atoms with Crippen LogP contribution < -0.4 is 4.74 Å². The first-order chi connectivity index (χ1) is 8.20. The van der Waals surface area contributed by atoms with Gasteiger partial charge in [0.2, 0.25) is 0 Å². The van der Waals surface area contributed by atoms with Crippen molar-refractivity contribution in [2.45, 2.75) is 20.3 Å². The first-order valence-corrected chi connectivity index (χ1v) is 5.82. The second-order valence-corrected chi connectivity index (χ2v) is 4.03. The highest BCUT2D eigenvalue weighted by atomic mass is 16.5. The average molecular weight is 232 g/mol. The SMILES string of the molecule is CCOC(=O)C1=Cc2cc(C)ccc2OCC1. The molecule has 0 amide bonds. The average Bonchev–Trinajstić information content (AvgIpc) is 2.50. The first-order valence-electron chi connectivity index (χ1n) is 5.82. The third-order valence-corrected chi connectivity index (χ3v) is 2.66. The van der Waals surface area contributed by atoms with E-state index in [2.05, 4.69) is 0 Å². The summed E-state index contributed by atoms with van der Waals surface area (Å²) in [4.78, 5) is 11.7. The number of carbonyl (C=O) groups excluding carboxylic acids is 1. The molecule has 17 heavy (non-hydrogen) atoms. The summed E-state index contributed by atoms with van der Waals surface area (Å²) >= 11 is 0. The molecule has 0 atom stereocenters. The molecule has 0 spiro atoms. The van der Waals surface area contributed by atoms with Gasteiger partial charge in [-0.1, -0.05) is 11.6 Å². The summed E-state index contributed by atoms with van der Waals surface area (Å²) in [7, 11) is 0. The third kappa shape index (κ3) is 2.67. The monoisotopic (exact) mass is 232 g/mol. The van der Waals surface area contributed by atoms with Gasteiger partial charge in [-0.15, -0.1) is 0 Å². The van der Waals surface area contributed by atoms with E-state index >= 15 is 0 Å². The highest BCUT2D eigenvalue weighted by Crippen LogP contribution is 2.27. The van der Waals surface area contributed by atoms with Gasteiger partial charge in [0.15, 0.2) is 0 Å². The summed E-state index contributed by atoms with van der Waals surface area (Å²) < 4.78 is 10.6. The standard InChI is InChI=1S/C14H16O3/c1-3-16-14(15)11-6-7-17-13-5-4-10(2)8-12(13)9-11/h4-5,8-9H,3,6-7H2,1-2H3. The third-order valence-electron chi connectivity index (χ3n) is 2.66. The maximum absolute atomic E-state index is 11.7. The van der Waals surface area contributed by atoms with Crippen molar-refractivity contribution in [1.82, 2.24) is 0 Å². The van der Waals surface area contributed by atoms with Gasteiger partial charge in [0.05, 0.1) is 13.2 Å². The lowest BCUT2D eigenvalue weighted by Gasteiger charge is -2.05. The smallest absolute Gasteiger partial charge is 0.334 e. The van der Waals surface area contributed by atoms with Gasteiger partial charge in [0.25, 0.3) is 0 Å². The zero-order valence-corrected chi connectivity index (χ0v) is 10.2. The van der Waals surface area contributed by atoms with Crippen LogP contribution >= 0.6 is 0 Å². The maximum atomic E-state index is 11.7. The van der Waals surface area contributed by atoms with Gasteiger partial charge < -0.3 is 9.47 Å². The minimum atomic E-state index is -0.245. The molecule has 0 fully saturated rings. The highest BCUT2D eigenvalue weighted by Gasteiger charge is 2.15. The van der Waals surface area contributed by atoms with Gasteiger partial charge in [-0.2, -0.15) is 0 Å². The summed E-state index contributed by atoms with van der Waals surface area (Å²) in [5.74, 6) is 0.584. The van der Waals surface area contributed by atoms with E-state index < -0.39 is 0 Å². The number of carbonyl (C=O) groups is 1. The van der Waals surface area contributed by atoms with Crippen LogP contribution in [0.2, 0.25) is 0 Å². The Bertz CT molecular complexity index is 461. The molecule has 0 unspecified atom stereocenters. The molecule has 3 nitrogen and oxygen atoms in total. The van der Waals surface area contributed by atoms with Crippen LogP contribution in [0.25, 0.3) is 6.08 Å². The van der Waals surface area contributed by atoms with Crippen molar-refractivity contribution in [2.75, 3.05) is 13.2 Å². The number of fused-ring (bicyclic) bond motifs is 1. The molecule has 90 valence electrons. The summed E-state index contributed by atoms with van der Waals surface area (Å²) in [6, 6.07) is 5.96. The summed E-state index contributed by atoms with van der Waals surface area (Å²) in [5, 5.41) is 0. The summed E-state index contributed by atoms with van der Waals surface area (Å²) in [5.41, 5.74) is 2.77. The largest absolute Gasteiger partial charge is 0.493 e. The van der Waals surface area contributed by atoms with E-state index in [1.165, 1.54) is 0 Å². The minimum absolute atomic E-state index is 0.245. The van der Waals surface area contributed by atoms with E-state index in [1.54, 1.807) is 0 Å². The van der Waals surface area contributed by atoms with Crippen LogP contribution in [0, 0.1) is 6.92 Å². The van der Waals surface area contributed by atoms with E-state index in [-0.39, 0.29) is 5.97 Å². The van der Waals surface area contributed by atoms with Gasteiger partial charge >= 0.3 is 5.97 Å². The topological polar surface area (TPSA) is 35.5 Å². The molecular formula is C14H16O3. The van der Waals surface area contributed by atoms with Crippen molar-refractivity contribution in [3.05, 3.63) is 34.9 Å². The van der Waals surface area contributed by atoms with Crippen molar-refractivity contribution >= 4 is 12.0 Å². The zero-order valence-electron chi connectivity index (χ0n) is 10.2. The van der Waals surface area contributed by atoms with E-state index in [0.29, 0.717) is 25.2 Å². The van der Waals surface area contributed by atoms with Crippen molar-refractivity contribution in [3.63, 3.8) is 0 Å². The number of benzene rings is 1. The number of hydrogen-bond donors (Lipinski definition) is 0. The Hall–Kier alpha value is -1.77. The Balaban J connectivity index is 2.34. The fourth-order valence-corrected chi connectivity index (χ4v) is 1.83. The minimum Gasteiger partial charge on any atom is -0.493 e. The molecular weight excluding hydrogens is 216 g/mol. The van der Waals surface area contributed by atoms with Crippen LogP contribution in [-0.2, 0) is 9.53 Å². The zero-order chi connectivity index (χ0) is 12.3. The normalized spacial score (nSPS) is 14.1. The number of rotatable bonds is 2. The maximum Gasteiger partial charge on any atom is 0.334 e. The number of aryl methyl sites for hydroxylation is 1. The van der Waals surface area contributed by atoms with Crippen LogP contribution in [0.15, 0.2) is 23.8 Å². The molecule has 0 saturated carbocycles. The van der Waals surface area contributed by atoms with Crippen LogP contribution in [0.3, 0.4) is 0 Å². The highest BCUT2D eigenvalue weighted by molar-refractivity contribution is 5.94. The Kier molecular flexibility index (Phi) is 3.47. The number of hydrogen-bond acceptors (Lipinski definition) is 3. The lowest BCUT2D eigenvalue weighted by molar-refractivity contribution is -0.138. The van der Waals surface area contributed by atoms with E-state index in [9.17, 15) is 4.79 Å². The quantitative estimate of drug-likeness (QED) is 0.735. The fraction of sp³-hybridized carbons (Fsp3) is 0.357. The van der Waals surface area contributed by atoms with Crippen molar-refractivity contribution in [3.8, 4) is 5.75 Å². The molecule has 0 aromatic heterocycles. The molecule has 0 N–H and O–H groups in total. The predicted molar refractivity (Wildman–Crippen MR) is 65.9 cm³/mol. The van der Waals surface area contributed by atoms with Gasteiger partial charge in [0, 0.05) is 17.6 Å². The molecule has 0 aliphatic carbocycles. The molecule has 0 bridgehead atoms. The van der Waals surface area contributed by atoms with Crippen molar-refractivity contribution in [2.24, 2.45) is 0 Å². The predicted octanol–water partition coefficient (Wildman–Crippen LogP) is 2.72. The lowest BCUT2D eigenvalue weighted by Crippen LogP contribution is -2.09. The molecule has 1 heterocycles. The van der Waals surface area contributed by atoms with E-state index in [4.69, 9.17) is 9.47 Å². The van der Waals surface area contributed by atoms with Crippen LogP contribution in [0.4, 0.5) is 0 Å². The molecule has 2 rings (SSSR count). The molecule has 1 aliphatic heterocycles. The van der Waals surface area contributed by atoms with Gasteiger partial charge in [0.1, 0.15) is 5.75 Å². The number of esters is 1. The molecule has 1 aliphatic rings. The van der Waals surface area contributed by atoms with Gasteiger partial charge in [-0.25, -0.2) is 4.79 Å². The molecule has 0 radical (unpaired) electrons. The Morgan fingerprint density at radius 3 is 3.06 bits per heavy atom. The molecule has 0 saturated heterocycles. The Morgan fingerprint density at radius 2 is 2.29 bits per heavy atom. The van der Waals surface area contributed by atoms with Crippen molar-refractivity contribution in [1.29, 1.82) is 0 Å². The molecule has 1 aromatic carbocycles. The lowest BCUT2D eigenvalue weighted by atomic mass is 10.1. The van der Waals surface area contributed by atoms with Crippen LogP contribution in [0.5, 0.6) is 5.75 Å². The Morgan fingerprint density at radius 1 is 1.47 bits per heavy atom. The van der Waals surface area contributed by atoms with Gasteiger partial charge in [-0.3, -0.25) is 0 Å². The first kappa shape index (κ1) is 11.7. The van der Waals surface area contributed by atoms with Crippen LogP contribution in [-0.4, -0.2) is 19.2 Å². The summed E-state index contributed by atoms with van der Waals surface area (Å²) in [6.07, 6.45) is 2.46. The van der Waals surface area contributed by atoms with Crippen molar-refractivity contribution < 1.29 is 14.3 Å². The Labute approximate surface area is 101 Å². The van der Waals surface area contributed by atoms with E-state index in [0.717, 1.165) is 16.9 Å². The molecule has 3 heteroatoms. The number of ether oxygens (including phenoxy) is 2.